The summed E-state index contributed by atoms with van der Waals surface area (Å²) in [7, 11) is 0. The predicted molar refractivity (Wildman–Crippen MR) is 105 cm³/mol. The maximum Gasteiger partial charge on any atom is 0.265 e. The molecule has 1 atom stereocenters. The first-order valence-corrected chi connectivity index (χ1v) is 8.78. The van der Waals surface area contributed by atoms with Gasteiger partial charge in [-0.1, -0.05) is 31.5 Å². The second-order valence-corrected chi connectivity index (χ2v) is 6.82. The van der Waals surface area contributed by atoms with E-state index in [9.17, 15) is 9.59 Å². The highest BCUT2D eigenvalue weighted by molar-refractivity contribution is 6.30. The van der Waals surface area contributed by atoms with Crippen LogP contribution in [0.3, 0.4) is 0 Å². The van der Waals surface area contributed by atoms with E-state index in [2.05, 4.69) is 10.6 Å². The summed E-state index contributed by atoms with van der Waals surface area (Å²) in [4.78, 5) is 24.2. The minimum absolute atomic E-state index is 0.0802. The van der Waals surface area contributed by atoms with Gasteiger partial charge in [0.2, 0.25) is 5.91 Å². The van der Waals surface area contributed by atoms with Crippen LogP contribution in [0.2, 0.25) is 5.02 Å². The molecule has 138 valence electrons. The first-order valence-electron chi connectivity index (χ1n) is 8.41. The van der Waals surface area contributed by atoms with Crippen molar-refractivity contribution in [1.82, 2.24) is 0 Å². The van der Waals surface area contributed by atoms with Gasteiger partial charge in [-0.15, -0.1) is 0 Å². The van der Waals surface area contributed by atoms with Crippen molar-refractivity contribution < 1.29 is 14.3 Å². The summed E-state index contributed by atoms with van der Waals surface area (Å²) in [6.07, 6.45) is -0.691. The second-order valence-electron chi connectivity index (χ2n) is 6.38. The summed E-state index contributed by atoms with van der Waals surface area (Å²) < 4.78 is 5.72. The highest BCUT2D eigenvalue weighted by Gasteiger charge is 2.16. The molecule has 26 heavy (non-hydrogen) atoms. The predicted octanol–water partition coefficient (Wildman–Crippen LogP) is 4.65. The van der Waals surface area contributed by atoms with Crippen LogP contribution in [0.5, 0.6) is 5.75 Å². The fourth-order valence-corrected chi connectivity index (χ4v) is 2.42. The summed E-state index contributed by atoms with van der Waals surface area (Å²) in [6.45, 7) is 7.18. The molecule has 6 heteroatoms. The van der Waals surface area contributed by atoms with E-state index in [0.29, 0.717) is 22.1 Å². The number of carbonyl (C=O) groups is 2. The zero-order valence-electron chi connectivity index (χ0n) is 15.3. The number of benzene rings is 2. The quantitative estimate of drug-likeness (QED) is 0.773. The molecule has 0 aromatic heterocycles. The van der Waals surface area contributed by atoms with Crippen molar-refractivity contribution in [2.24, 2.45) is 5.92 Å². The molecule has 2 aromatic carbocycles. The lowest BCUT2D eigenvalue weighted by Crippen LogP contribution is -2.30. The van der Waals surface area contributed by atoms with Gasteiger partial charge < -0.3 is 15.4 Å². The number of aryl methyl sites for hydroxylation is 1. The van der Waals surface area contributed by atoms with E-state index in [0.717, 1.165) is 5.56 Å². The molecule has 0 aliphatic rings. The number of hydrogen-bond acceptors (Lipinski definition) is 3. The Kier molecular flexibility index (Phi) is 6.64. The molecule has 0 heterocycles. The van der Waals surface area contributed by atoms with Crippen LogP contribution in [0.1, 0.15) is 26.3 Å². The maximum absolute atomic E-state index is 12.4. The van der Waals surface area contributed by atoms with Crippen LogP contribution in [0.25, 0.3) is 0 Å². The van der Waals surface area contributed by atoms with Crippen LogP contribution in [0, 0.1) is 12.8 Å². The number of rotatable bonds is 6. The van der Waals surface area contributed by atoms with Crippen molar-refractivity contribution in [2.45, 2.75) is 33.8 Å². The summed E-state index contributed by atoms with van der Waals surface area (Å²) in [5, 5.41) is 6.21. The number of halogens is 1. The van der Waals surface area contributed by atoms with Gasteiger partial charge in [0, 0.05) is 22.3 Å². The molecular weight excluding hydrogens is 352 g/mol. The first kappa shape index (κ1) is 19.8. The zero-order chi connectivity index (χ0) is 19.3. The number of anilines is 2. The average molecular weight is 375 g/mol. The highest BCUT2D eigenvalue weighted by atomic mass is 35.5. The van der Waals surface area contributed by atoms with Crippen LogP contribution in [-0.2, 0) is 9.59 Å². The monoisotopic (exact) mass is 374 g/mol. The topological polar surface area (TPSA) is 67.4 Å². The van der Waals surface area contributed by atoms with Crippen LogP contribution >= 0.6 is 11.6 Å². The van der Waals surface area contributed by atoms with E-state index in [-0.39, 0.29) is 17.7 Å². The SMILES string of the molecule is Cc1cc(Cl)ccc1OC(C)C(=O)Nc1cccc(NC(=O)C(C)C)c1. The molecule has 2 amide bonds. The van der Waals surface area contributed by atoms with Crippen molar-refractivity contribution in [1.29, 1.82) is 0 Å². The van der Waals surface area contributed by atoms with Crippen molar-refractivity contribution in [3.05, 3.63) is 53.1 Å². The fraction of sp³-hybridized carbons (Fsp3) is 0.300. The third-order valence-electron chi connectivity index (χ3n) is 3.73. The molecule has 0 spiro atoms. The first-order chi connectivity index (χ1) is 12.3. The van der Waals surface area contributed by atoms with E-state index >= 15 is 0 Å². The molecule has 0 saturated heterocycles. The van der Waals surface area contributed by atoms with Gasteiger partial charge in [0.1, 0.15) is 5.75 Å². The lowest BCUT2D eigenvalue weighted by atomic mass is 10.2. The van der Waals surface area contributed by atoms with E-state index in [1.807, 2.05) is 20.8 Å². The van der Waals surface area contributed by atoms with Gasteiger partial charge in [0.05, 0.1) is 0 Å². The molecule has 0 bridgehead atoms. The third kappa shape index (κ3) is 5.49. The molecule has 2 aromatic rings. The van der Waals surface area contributed by atoms with Gasteiger partial charge in [-0.3, -0.25) is 9.59 Å². The standard InChI is InChI=1S/C20H23ClN2O3/c1-12(2)19(24)22-16-6-5-7-17(11-16)23-20(25)14(4)26-18-9-8-15(21)10-13(18)3/h5-12,14H,1-4H3,(H,22,24)(H,23,25). The molecule has 1 unspecified atom stereocenters. The molecule has 0 saturated carbocycles. The fourth-order valence-electron chi connectivity index (χ4n) is 2.19. The summed E-state index contributed by atoms with van der Waals surface area (Å²) in [5.74, 6) is 0.120. The average Bonchev–Trinajstić information content (AvgIpc) is 2.57. The van der Waals surface area contributed by atoms with Gasteiger partial charge in [-0.05, 0) is 55.8 Å². The Bertz CT molecular complexity index is 805. The molecule has 5 nitrogen and oxygen atoms in total. The van der Waals surface area contributed by atoms with E-state index in [1.165, 1.54) is 0 Å². The largest absolute Gasteiger partial charge is 0.481 e. The Labute approximate surface area is 158 Å². The van der Waals surface area contributed by atoms with Crippen molar-refractivity contribution >= 4 is 34.8 Å². The normalized spacial score (nSPS) is 11.8. The van der Waals surface area contributed by atoms with Crippen LogP contribution in [0.15, 0.2) is 42.5 Å². The van der Waals surface area contributed by atoms with E-state index in [4.69, 9.17) is 16.3 Å². The molecular formula is C20H23ClN2O3. The molecule has 0 aliphatic carbocycles. The van der Waals surface area contributed by atoms with Gasteiger partial charge in [0.15, 0.2) is 6.10 Å². The summed E-state index contributed by atoms with van der Waals surface area (Å²) in [5.41, 5.74) is 2.07. The number of hydrogen-bond donors (Lipinski definition) is 2. The molecule has 0 radical (unpaired) electrons. The Balaban J connectivity index is 2.01. The molecule has 0 fully saturated rings. The summed E-state index contributed by atoms with van der Waals surface area (Å²) in [6, 6.07) is 12.2. The van der Waals surface area contributed by atoms with Gasteiger partial charge in [-0.2, -0.15) is 0 Å². The third-order valence-corrected chi connectivity index (χ3v) is 3.97. The van der Waals surface area contributed by atoms with Crippen molar-refractivity contribution in [3.63, 3.8) is 0 Å². The minimum Gasteiger partial charge on any atom is -0.481 e. The minimum atomic E-state index is -0.691. The number of carbonyl (C=O) groups excluding carboxylic acids is 2. The second kappa shape index (κ2) is 8.72. The van der Waals surface area contributed by atoms with E-state index < -0.39 is 6.10 Å². The number of nitrogens with one attached hydrogen (secondary N) is 2. The van der Waals surface area contributed by atoms with Crippen LogP contribution in [-0.4, -0.2) is 17.9 Å². The summed E-state index contributed by atoms with van der Waals surface area (Å²) >= 11 is 5.93. The Morgan fingerprint density at radius 1 is 0.962 bits per heavy atom. The smallest absolute Gasteiger partial charge is 0.265 e. The Morgan fingerprint density at radius 3 is 2.15 bits per heavy atom. The zero-order valence-corrected chi connectivity index (χ0v) is 16.1. The Hall–Kier alpha value is -2.53. The van der Waals surface area contributed by atoms with E-state index in [1.54, 1.807) is 49.4 Å². The lowest BCUT2D eigenvalue weighted by Gasteiger charge is -2.17. The molecule has 2 rings (SSSR count). The highest BCUT2D eigenvalue weighted by Crippen LogP contribution is 2.23. The molecule has 2 N–H and O–H groups in total. The van der Waals surface area contributed by atoms with Crippen LogP contribution < -0.4 is 15.4 Å². The number of ether oxygens (including phenoxy) is 1. The Morgan fingerprint density at radius 2 is 1.58 bits per heavy atom. The van der Waals surface area contributed by atoms with Gasteiger partial charge in [0.25, 0.3) is 5.91 Å². The van der Waals surface area contributed by atoms with Crippen molar-refractivity contribution in [2.75, 3.05) is 10.6 Å². The molecule has 0 aliphatic heterocycles. The van der Waals surface area contributed by atoms with Gasteiger partial charge in [-0.25, -0.2) is 0 Å². The van der Waals surface area contributed by atoms with Gasteiger partial charge >= 0.3 is 0 Å². The number of amides is 2. The lowest BCUT2D eigenvalue weighted by molar-refractivity contribution is -0.122. The maximum atomic E-state index is 12.4. The van der Waals surface area contributed by atoms with Crippen molar-refractivity contribution in [3.8, 4) is 5.75 Å². The van der Waals surface area contributed by atoms with Crippen LogP contribution in [0.4, 0.5) is 11.4 Å².